The number of nitrogens with one attached hydrogen (secondary N) is 1. The van der Waals surface area contributed by atoms with Crippen LogP contribution in [-0.4, -0.2) is 16.8 Å². The number of furan rings is 1. The molecule has 6 heteroatoms. The zero-order chi connectivity index (χ0) is 15.7. The van der Waals surface area contributed by atoms with Crippen molar-refractivity contribution in [1.29, 1.82) is 0 Å². The van der Waals surface area contributed by atoms with Crippen LogP contribution in [0.3, 0.4) is 0 Å². The van der Waals surface area contributed by atoms with E-state index in [0.717, 1.165) is 11.1 Å². The minimum Gasteiger partial charge on any atom is -0.466 e. The highest BCUT2D eigenvalue weighted by Gasteiger charge is 2.50. The van der Waals surface area contributed by atoms with E-state index >= 15 is 0 Å². The first-order chi connectivity index (χ1) is 10.6. The van der Waals surface area contributed by atoms with Crippen molar-refractivity contribution in [1.82, 2.24) is 10.2 Å². The number of amides is 3. The first-order valence-corrected chi connectivity index (χ1v) is 7.01. The third-order valence-corrected chi connectivity index (χ3v) is 3.96. The molecule has 3 amide bonds. The maximum absolute atomic E-state index is 12.7. The number of rotatable bonds is 4. The van der Waals surface area contributed by atoms with Crippen molar-refractivity contribution in [3.63, 3.8) is 0 Å². The lowest BCUT2D eigenvalue weighted by Crippen LogP contribution is -2.40. The Balaban J connectivity index is 1.90. The van der Waals surface area contributed by atoms with Gasteiger partial charge in [-0.15, -0.1) is 0 Å². The van der Waals surface area contributed by atoms with E-state index in [0.29, 0.717) is 12.3 Å². The molecule has 2 aromatic rings. The van der Waals surface area contributed by atoms with Gasteiger partial charge in [0, 0.05) is 6.54 Å². The van der Waals surface area contributed by atoms with Crippen molar-refractivity contribution in [2.75, 3.05) is 0 Å². The summed E-state index contributed by atoms with van der Waals surface area (Å²) in [5.41, 5.74) is 6.31. The lowest BCUT2D eigenvalue weighted by molar-refractivity contribution is -0.132. The normalized spacial score (nSPS) is 21.3. The molecule has 3 rings (SSSR count). The molecule has 1 aromatic carbocycles. The van der Waals surface area contributed by atoms with Gasteiger partial charge in [-0.3, -0.25) is 9.69 Å². The Morgan fingerprint density at radius 1 is 1.18 bits per heavy atom. The Kier molecular flexibility index (Phi) is 3.46. The maximum Gasteiger partial charge on any atom is 0.325 e. The van der Waals surface area contributed by atoms with Gasteiger partial charge in [0.1, 0.15) is 5.76 Å². The molecule has 1 fully saturated rings. The van der Waals surface area contributed by atoms with Gasteiger partial charge in [-0.25, -0.2) is 4.79 Å². The Bertz CT molecular complexity index is 711. The molecular formula is C16H17N3O3. The van der Waals surface area contributed by atoms with Crippen molar-refractivity contribution in [3.8, 4) is 0 Å². The summed E-state index contributed by atoms with van der Waals surface area (Å²) in [7, 11) is 0. The van der Waals surface area contributed by atoms with Crippen LogP contribution in [0.1, 0.15) is 23.8 Å². The molecule has 6 nitrogen and oxygen atoms in total. The Morgan fingerprint density at radius 3 is 2.55 bits per heavy atom. The van der Waals surface area contributed by atoms with Crippen molar-refractivity contribution >= 4 is 11.9 Å². The monoisotopic (exact) mass is 299 g/mol. The molecule has 114 valence electrons. The second-order valence-corrected chi connectivity index (χ2v) is 5.40. The molecule has 2 heterocycles. The van der Waals surface area contributed by atoms with Crippen LogP contribution in [0.15, 0.2) is 47.1 Å². The van der Waals surface area contributed by atoms with E-state index in [1.165, 1.54) is 11.2 Å². The van der Waals surface area contributed by atoms with Gasteiger partial charge in [-0.05, 0) is 30.2 Å². The van der Waals surface area contributed by atoms with E-state index < -0.39 is 11.6 Å². The van der Waals surface area contributed by atoms with E-state index in [1.54, 1.807) is 19.1 Å². The third kappa shape index (κ3) is 2.17. The molecular weight excluding hydrogens is 282 g/mol. The Morgan fingerprint density at radius 2 is 1.91 bits per heavy atom. The number of benzene rings is 1. The van der Waals surface area contributed by atoms with E-state index in [4.69, 9.17) is 10.2 Å². The molecule has 1 aliphatic rings. The number of carbonyl (C=O) groups is 2. The molecule has 1 atom stereocenters. The fourth-order valence-electron chi connectivity index (χ4n) is 2.65. The fourth-order valence-corrected chi connectivity index (χ4v) is 2.65. The van der Waals surface area contributed by atoms with Gasteiger partial charge in [0.15, 0.2) is 5.54 Å². The van der Waals surface area contributed by atoms with Gasteiger partial charge >= 0.3 is 6.03 Å². The van der Waals surface area contributed by atoms with Gasteiger partial charge in [0.25, 0.3) is 5.91 Å². The van der Waals surface area contributed by atoms with Crippen LogP contribution in [0, 0.1) is 0 Å². The van der Waals surface area contributed by atoms with E-state index in [-0.39, 0.29) is 12.5 Å². The molecule has 1 saturated heterocycles. The van der Waals surface area contributed by atoms with Crippen LogP contribution in [0.2, 0.25) is 0 Å². The summed E-state index contributed by atoms with van der Waals surface area (Å²) in [6.07, 6.45) is 1.48. The summed E-state index contributed by atoms with van der Waals surface area (Å²) >= 11 is 0. The average molecular weight is 299 g/mol. The highest BCUT2D eigenvalue weighted by Crippen LogP contribution is 2.30. The molecule has 0 bridgehead atoms. The Hall–Kier alpha value is -2.60. The lowest BCUT2D eigenvalue weighted by Gasteiger charge is -2.19. The van der Waals surface area contributed by atoms with E-state index in [1.807, 2.05) is 24.3 Å². The number of hydrogen-bond acceptors (Lipinski definition) is 4. The molecule has 0 aliphatic carbocycles. The first-order valence-electron chi connectivity index (χ1n) is 7.01. The van der Waals surface area contributed by atoms with E-state index in [2.05, 4.69) is 5.32 Å². The number of urea groups is 1. The Labute approximate surface area is 127 Å². The van der Waals surface area contributed by atoms with Crippen LogP contribution in [-0.2, 0) is 23.4 Å². The summed E-state index contributed by atoms with van der Waals surface area (Å²) in [5.74, 6) is 0.0831. The number of nitrogens with two attached hydrogens (primary N) is 1. The molecule has 1 unspecified atom stereocenters. The highest BCUT2D eigenvalue weighted by atomic mass is 16.3. The standard InChI is InChI=1S/C16H17N3O3/c1-16(13-7-4-8-22-13)14(20)19(15(21)18-16)10-12-6-3-2-5-11(12)9-17/h2-8H,9-10,17H2,1H3,(H,18,21). The molecule has 3 N–H and O–H groups in total. The molecule has 22 heavy (non-hydrogen) atoms. The molecule has 0 spiro atoms. The van der Waals surface area contributed by atoms with Crippen LogP contribution >= 0.6 is 0 Å². The van der Waals surface area contributed by atoms with Crippen LogP contribution in [0.4, 0.5) is 4.79 Å². The van der Waals surface area contributed by atoms with Crippen LogP contribution in [0.5, 0.6) is 0 Å². The number of nitrogens with zero attached hydrogens (tertiary/aromatic N) is 1. The number of imide groups is 1. The zero-order valence-corrected chi connectivity index (χ0v) is 12.2. The molecule has 0 saturated carbocycles. The predicted octanol–water partition coefficient (Wildman–Crippen LogP) is 1.71. The summed E-state index contributed by atoms with van der Waals surface area (Å²) in [5, 5.41) is 2.70. The number of carbonyl (C=O) groups excluding carboxylic acids is 2. The third-order valence-electron chi connectivity index (χ3n) is 3.96. The minimum absolute atomic E-state index is 0.189. The smallest absolute Gasteiger partial charge is 0.325 e. The minimum atomic E-state index is -1.17. The molecule has 0 radical (unpaired) electrons. The lowest BCUT2D eigenvalue weighted by atomic mass is 9.99. The summed E-state index contributed by atoms with van der Waals surface area (Å²) in [6, 6.07) is 10.4. The average Bonchev–Trinajstić information content (AvgIpc) is 3.12. The van der Waals surface area contributed by atoms with Crippen LogP contribution < -0.4 is 11.1 Å². The molecule has 1 aromatic heterocycles. The second-order valence-electron chi connectivity index (χ2n) is 5.40. The van der Waals surface area contributed by atoms with Gasteiger partial charge in [-0.1, -0.05) is 24.3 Å². The largest absolute Gasteiger partial charge is 0.466 e. The fraction of sp³-hybridized carbons (Fsp3) is 0.250. The zero-order valence-electron chi connectivity index (χ0n) is 12.2. The highest BCUT2D eigenvalue weighted by molar-refractivity contribution is 6.06. The van der Waals surface area contributed by atoms with Crippen molar-refractivity contribution in [3.05, 3.63) is 59.5 Å². The van der Waals surface area contributed by atoms with Gasteiger partial charge in [0.05, 0.1) is 12.8 Å². The predicted molar refractivity (Wildman–Crippen MR) is 79.5 cm³/mol. The van der Waals surface area contributed by atoms with Crippen molar-refractivity contribution in [2.24, 2.45) is 5.73 Å². The number of hydrogen-bond donors (Lipinski definition) is 2. The molecule has 1 aliphatic heterocycles. The quantitative estimate of drug-likeness (QED) is 0.841. The SMILES string of the molecule is CC1(c2ccco2)NC(=O)N(Cc2ccccc2CN)C1=O. The summed E-state index contributed by atoms with van der Waals surface area (Å²) in [6.45, 7) is 2.19. The summed E-state index contributed by atoms with van der Waals surface area (Å²) < 4.78 is 5.30. The maximum atomic E-state index is 12.7. The van der Waals surface area contributed by atoms with Crippen molar-refractivity contribution in [2.45, 2.75) is 25.6 Å². The van der Waals surface area contributed by atoms with Crippen LogP contribution in [0.25, 0.3) is 0 Å². The van der Waals surface area contributed by atoms with E-state index in [9.17, 15) is 9.59 Å². The van der Waals surface area contributed by atoms with Gasteiger partial charge < -0.3 is 15.5 Å². The summed E-state index contributed by atoms with van der Waals surface area (Å²) in [4.78, 5) is 26.1. The van der Waals surface area contributed by atoms with Gasteiger partial charge in [0.2, 0.25) is 0 Å². The topological polar surface area (TPSA) is 88.6 Å². The van der Waals surface area contributed by atoms with Gasteiger partial charge in [-0.2, -0.15) is 0 Å². The first kappa shape index (κ1) is 14.3. The van der Waals surface area contributed by atoms with Crippen molar-refractivity contribution < 1.29 is 14.0 Å². The second kappa shape index (κ2) is 5.31.